The van der Waals surface area contributed by atoms with Crippen molar-refractivity contribution in [2.75, 3.05) is 6.61 Å². The topological polar surface area (TPSA) is 52.3 Å². The standard InChI is InChI=1S/C14H14N4O/c1-2-6-19-13-5-3-4-11(7-13)12-8-15-14-16-10-17-18(14)9-12/h3-5,7-10H,2,6H2,1H3. The molecule has 96 valence electrons. The van der Waals surface area contributed by atoms with Crippen molar-refractivity contribution in [3.8, 4) is 16.9 Å². The number of hydrogen-bond acceptors (Lipinski definition) is 4. The van der Waals surface area contributed by atoms with Gasteiger partial charge in [-0.2, -0.15) is 10.1 Å². The molecule has 3 aromatic rings. The van der Waals surface area contributed by atoms with Crippen LogP contribution in [0.2, 0.25) is 0 Å². The first-order chi connectivity index (χ1) is 9.36. The van der Waals surface area contributed by atoms with E-state index in [9.17, 15) is 0 Å². The van der Waals surface area contributed by atoms with Crippen molar-refractivity contribution < 1.29 is 4.74 Å². The summed E-state index contributed by atoms with van der Waals surface area (Å²) in [4.78, 5) is 8.29. The number of benzene rings is 1. The van der Waals surface area contributed by atoms with Crippen molar-refractivity contribution in [1.29, 1.82) is 0 Å². The molecule has 0 N–H and O–H groups in total. The average molecular weight is 254 g/mol. The van der Waals surface area contributed by atoms with Crippen molar-refractivity contribution >= 4 is 5.78 Å². The Kier molecular flexibility index (Phi) is 3.10. The predicted octanol–water partition coefficient (Wildman–Crippen LogP) is 2.58. The van der Waals surface area contributed by atoms with Crippen LogP contribution in [0.5, 0.6) is 5.75 Å². The molecule has 0 atom stereocenters. The molecule has 0 aliphatic heterocycles. The molecular formula is C14H14N4O. The molecule has 0 bridgehead atoms. The highest BCUT2D eigenvalue weighted by atomic mass is 16.5. The minimum absolute atomic E-state index is 0.599. The largest absolute Gasteiger partial charge is 0.494 e. The van der Waals surface area contributed by atoms with Crippen molar-refractivity contribution in [2.45, 2.75) is 13.3 Å². The molecule has 0 amide bonds. The van der Waals surface area contributed by atoms with Crippen LogP contribution in [-0.4, -0.2) is 26.2 Å². The molecule has 0 saturated heterocycles. The Hall–Kier alpha value is -2.43. The SMILES string of the molecule is CCCOc1cccc(-c2cnc3ncnn3c2)c1. The summed E-state index contributed by atoms with van der Waals surface area (Å²) in [6.45, 7) is 2.82. The normalized spacial score (nSPS) is 10.8. The van der Waals surface area contributed by atoms with Gasteiger partial charge in [-0.3, -0.25) is 0 Å². The average Bonchev–Trinajstić information content (AvgIpc) is 2.92. The molecule has 3 rings (SSSR count). The summed E-state index contributed by atoms with van der Waals surface area (Å²) in [7, 11) is 0. The number of nitrogens with zero attached hydrogens (tertiary/aromatic N) is 4. The molecule has 19 heavy (non-hydrogen) atoms. The first-order valence-corrected chi connectivity index (χ1v) is 6.25. The van der Waals surface area contributed by atoms with E-state index in [0.29, 0.717) is 5.78 Å². The van der Waals surface area contributed by atoms with E-state index in [1.165, 1.54) is 6.33 Å². The second-order valence-corrected chi connectivity index (χ2v) is 4.22. The molecule has 2 aromatic heterocycles. The zero-order valence-corrected chi connectivity index (χ0v) is 10.7. The second kappa shape index (κ2) is 5.06. The van der Waals surface area contributed by atoms with Crippen LogP contribution in [0.25, 0.3) is 16.9 Å². The summed E-state index contributed by atoms with van der Waals surface area (Å²) < 4.78 is 7.30. The summed E-state index contributed by atoms with van der Waals surface area (Å²) >= 11 is 0. The van der Waals surface area contributed by atoms with Gasteiger partial charge in [-0.05, 0) is 24.1 Å². The number of ether oxygens (including phenoxy) is 1. The lowest BCUT2D eigenvalue weighted by Gasteiger charge is -2.07. The molecule has 5 heteroatoms. The summed E-state index contributed by atoms with van der Waals surface area (Å²) in [5.74, 6) is 1.47. The lowest BCUT2D eigenvalue weighted by Crippen LogP contribution is -1.95. The molecule has 0 aliphatic carbocycles. The Morgan fingerprint density at radius 3 is 3.05 bits per heavy atom. The zero-order chi connectivity index (χ0) is 13.1. The monoisotopic (exact) mass is 254 g/mol. The quantitative estimate of drug-likeness (QED) is 0.718. The summed E-state index contributed by atoms with van der Waals surface area (Å²) in [6, 6.07) is 7.97. The van der Waals surface area contributed by atoms with Crippen molar-refractivity contribution in [3.05, 3.63) is 43.0 Å². The maximum atomic E-state index is 5.63. The van der Waals surface area contributed by atoms with Crippen LogP contribution in [0.4, 0.5) is 0 Å². The van der Waals surface area contributed by atoms with Gasteiger partial charge in [0.25, 0.3) is 5.78 Å². The Morgan fingerprint density at radius 1 is 1.21 bits per heavy atom. The highest BCUT2D eigenvalue weighted by Gasteiger charge is 2.03. The van der Waals surface area contributed by atoms with Gasteiger partial charge in [0, 0.05) is 18.0 Å². The van der Waals surface area contributed by atoms with E-state index in [4.69, 9.17) is 4.74 Å². The summed E-state index contributed by atoms with van der Waals surface area (Å²) in [5, 5.41) is 4.09. The smallest absolute Gasteiger partial charge is 0.252 e. The highest BCUT2D eigenvalue weighted by molar-refractivity contribution is 5.64. The molecule has 0 spiro atoms. The predicted molar refractivity (Wildman–Crippen MR) is 72.0 cm³/mol. The van der Waals surface area contributed by atoms with E-state index in [0.717, 1.165) is 29.9 Å². The minimum atomic E-state index is 0.599. The van der Waals surface area contributed by atoms with Crippen LogP contribution < -0.4 is 4.74 Å². The van der Waals surface area contributed by atoms with Gasteiger partial charge in [0.1, 0.15) is 12.1 Å². The van der Waals surface area contributed by atoms with E-state index in [1.54, 1.807) is 10.7 Å². The van der Waals surface area contributed by atoms with E-state index in [1.807, 2.05) is 30.5 Å². The molecule has 2 heterocycles. The Balaban J connectivity index is 1.95. The molecule has 5 nitrogen and oxygen atoms in total. The number of aromatic nitrogens is 4. The molecular weight excluding hydrogens is 240 g/mol. The van der Waals surface area contributed by atoms with Gasteiger partial charge in [0.15, 0.2) is 0 Å². The zero-order valence-electron chi connectivity index (χ0n) is 10.7. The van der Waals surface area contributed by atoms with Gasteiger partial charge in [-0.25, -0.2) is 9.50 Å². The maximum absolute atomic E-state index is 5.63. The molecule has 0 unspecified atom stereocenters. The summed E-state index contributed by atoms with van der Waals surface area (Å²) in [5.41, 5.74) is 2.04. The van der Waals surface area contributed by atoms with Crippen LogP contribution in [0, 0.1) is 0 Å². The van der Waals surface area contributed by atoms with Crippen molar-refractivity contribution in [2.24, 2.45) is 0 Å². The van der Waals surface area contributed by atoms with Gasteiger partial charge in [-0.15, -0.1) is 0 Å². The molecule has 1 aromatic carbocycles. The fourth-order valence-corrected chi connectivity index (χ4v) is 1.85. The van der Waals surface area contributed by atoms with Gasteiger partial charge in [0.05, 0.1) is 6.61 Å². The Bertz CT molecular complexity index is 692. The van der Waals surface area contributed by atoms with Crippen molar-refractivity contribution in [3.63, 3.8) is 0 Å². The van der Waals surface area contributed by atoms with Gasteiger partial charge < -0.3 is 4.74 Å². The molecule has 0 aliphatic rings. The third kappa shape index (κ3) is 2.40. The summed E-state index contributed by atoms with van der Waals surface area (Å²) in [6.07, 6.45) is 6.20. The van der Waals surface area contributed by atoms with E-state index in [2.05, 4.69) is 22.0 Å². The first-order valence-electron chi connectivity index (χ1n) is 6.25. The highest BCUT2D eigenvalue weighted by Crippen LogP contribution is 2.23. The fourth-order valence-electron chi connectivity index (χ4n) is 1.85. The molecule has 0 saturated carbocycles. The molecule has 0 radical (unpaired) electrons. The van der Waals surface area contributed by atoms with E-state index >= 15 is 0 Å². The van der Waals surface area contributed by atoms with Crippen molar-refractivity contribution in [1.82, 2.24) is 19.6 Å². The fraction of sp³-hybridized carbons (Fsp3) is 0.214. The molecule has 0 fully saturated rings. The number of rotatable bonds is 4. The third-order valence-electron chi connectivity index (χ3n) is 2.77. The van der Waals surface area contributed by atoms with Gasteiger partial charge in [-0.1, -0.05) is 19.1 Å². The van der Waals surface area contributed by atoms with Gasteiger partial charge in [0.2, 0.25) is 0 Å². The van der Waals surface area contributed by atoms with E-state index in [-0.39, 0.29) is 0 Å². The van der Waals surface area contributed by atoms with Crippen LogP contribution in [0.1, 0.15) is 13.3 Å². The Morgan fingerprint density at radius 2 is 2.16 bits per heavy atom. The Labute approximate surface area is 110 Å². The number of hydrogen-bond donors (Lipinski definition) is 0. The third-order valence-corrected chi connectivity index (χ3v) is 2.77. The van der Waals surface area contributed by atoms with Crippen LogP contribution in [-0.2, 0) is 0 Å². The minimum Gasteiger partial charge on any atom is -0.494 e. The lowest BCUT2D eigenvalue weighted by atomic mass is 10.1. The van der Waals surface area contributed by atoms with Crippen LogP contribution >= 0.6 is 0 Å². The van der Waals surface area contributed by atoms with Crippen LogP contribution in [0.3, 0.4) is 0 Å². The second-order valence-electron chi connectivity index (χ2n) is 4.22. The van der Waals surface area contributed by atoms with Gasteiger partial charge >= 0.3 is 0 Å². The first kappa shape index (κ1) is 11.6. The maximum Gasteiger partial charge on any atom is 0.252 e. The lowest BCUT2D eigenvalue weighted by molar-refractivity contribution is 0.317. The number of fused-ring (bicyclic) bond motifs is 1. The van der Waals surface area contributed by atoms with Crippen LogP contribution in [0.15, 0.2) is 43.0 Å². The van der Waals surface area contributed by atoms with E-state index < -0.39 is 0 Å².